The third kappa shape index (κ3) is 4.83. The van der Waals surface area contributed by atoms with E-state index < -0.39 is 0 Å². The van der Waals surface area contributed by atoms with E-state index in [0.717, 1.165) is 32.4 Å². The second kappa shape index (κ2) is 8.49. The third-order valence-corrected chi connectivity index (χ3v) is 3.99. The van der Waals surface area contributed by atoms with Gasteiger partial charge in [-0.05, 0) is 37.5 Å². The second-order valence-corrected chi connectivity index (χ2v) is 5.88. The lowest BCUT2D eigenvalue weighted by molar-refractivity contribution is 0.0679. The van der Waals surface area contributed by atoms with Crippen molar-refractivity contribution in [2.24, 2.45) is 0 Å². The Labute approximate surface area is 141 Å². The van der Waals surface area contributed by atoms with E-state index in [2.05, 4.69) is 10.3 Å². The maximum Gasteiger partial charge on any atom is 0.251 e. The van der Waals surface area contributed by atoms with E-state index >= 15 is 0 Å². The predicted molar refractivity (Wildman–Crippen MR) is 90.1 cm³/mol. The van der Waals surface area contributed by atoms with E-state index in [4.69, 9.17) is 9.47 Å². The number of rotatable bonds is 8. The first-order valence-electron chi connectivity index (χ1n) is 8.40. The number of imidazole rings is 1. The van der Waals surface area contributed by atoms with Gasteiger partial charge in [0, 0.05) is 37.7 Å². The molecule has 1 atom stereocenters. The number of benzene rings is 1. The molecule has 0 radical (unpaired) electrons. The van der Waals surface area contributed by atoms with Crippen LogP contribution in [0.5, 0.6) is 5.75 Å². The summed E-state index contributed by atoms with van der Waals surface area (Å²) in [7, 11) is 0. The van der Waals surface area contributed by atoms with Crippen LogP contribution in [-0.4, -0.2) is 41.3 Å². The molecule has 1 aliphatic rings. The minimum absolute atomic E-state index is 0.0804. The van der Waals surface area contributed by atoms with Crippen LogP contribution < -0.4 is 10.1 Å². The van der Waals surface area contributed by atoms with E-state index in [-0.39, 0.29) is 12.0 Å². The van der Waals surface area contributed by atoms with Crippen molar-refractivity contribution in [1.82, 2.24) is 14.9 Å². The maximum absolute atomic E-state index is 12.2. The van der Waals surface area contributed by atoms with E-state index in [1.54, 1.807) is 24.7 Å². The Morgan fingerprint density at radius 3 is 3.21 bits per heavy atom. The molecule has 0 unspecified atom stereocenters. The molecule has 1 N–H and O–H groups in total. The third-order valence-electron chi connectivity index (χ3n) is 3.99. The topological polar surface area (TPSA) is 65.4 Å². The zero-order valence-corrected chi connectivity index (χ0v) is 13.7. The molecule has 0 bridgehead atoms. The van der Waals surface area contributed by atoms with Crippen LogP contribution in [0.1, 0.15) is 29.6 Å². The van der Waals surface area contributed by atoms with Crippen LogP contribution in [0.15, 0.2) is 43.0 Å². The van der Waals surface area contributed by atoms with E-state index in [9.17, 15) is 4.79 Å². The van der Waals surface area contributed by atoms with Crippen molar-refractivity contribution in [2.45, 2.75) is 31.9 Å². The first-order valence-corrected chi connectivity index (χ1v) is 8.40. The standard InChI is InChI=1S/C18H23N3O3/c22-18(20-7-3-9-21-10-8-19-14-21)15-4-1-5-16(12-15)24-13-17-6-2-11-23-17/h1,4-5,8,10,12,14,17H,2-3,6-7,9,11,13H2,(H,20,22)/t17-/m0/s1. The van der Waals surface area contributed by atoms with Crippen molar-refractivity contribution in [3.05, 3.63) is 48.5 Å². The highest BCUT2D eigenvalue weighted by atomic mass is 16.5. The lowest BCUT2D eigenvalue weighted by Crippen LogP contribution is -2.25. The Morgan fingerprint density at radius 1 is 1.46 bits per heavy atom. The van der Waals surface area contributed by atoms with Crippen LogP contribution in [0.3, 0.4) is 0 Å². The van der Waals surface area contributed by atoms with Crippen molar-refractivity contribution in [1.29, 1.82) is 0 Å². The Bertz CT molecular complexity index is 637. The zero-order valence-electron chi connectivity index (χ0n) is 13.7. The first kappa shape index (κ1) is 16.5. The number of hydrogen-bond acceptors (Lipinski definition) is 4. The van der Waals surface area contributed by atoms with Gasteiger partial charge in [0.1, 0.15) is 12.4 Å². The molecule has 0 aliphatic carbocycles. The smallest absolute Gasteiger partial charge is 0.251 e. The van der Waals surface area contributed by atoms with Crippen molar-refractivity contribution in [3.63, 3.8) is 0 Å². The monoisotopic (exact) mass is 329 g/mol. The minimum atomic E-state index is -0.0804. The molecule has 1 aromatic heterocycles. The second-order valence-electron chi connectivity index (χ2n) is 5.88. The molecule has 128 valence electrons. The minimum Gasteiger partial charge on any atom is -0.491 e. The van der Waals surface area contributed by atoms with E-state index in [1.165, 1.54) is 0 Å². The molecule has 24 heavy (non-hydrogen) atoms. The summed E-state index contributed by atoms with van der Waals surface area (Å²) in [4.78, 5) is 16.2. The molecule has 0 saturated carbocycles. The summed E-state index contributed by atoms with van der Waals surface area (Å²) in [6, 6.07) is 7.28. The van der Waals surface area contributed by atoms with E-state index in [1.807, 2.05) is 22.9 Å². The van der Waals surface area contributed by atoms with Gasteiger partial charge in [-0.25, -0.2) is 4.98 Å². The predicted octanol–water partition coefficient (Wildman–Crippen LogP) is 2.26. The van der Waals surface area contributed by atoms with Gasteiger partial charge in [-0.15, -0.1) is 0 Å². The summed E-state index contributed by atoms with van der Waals surface area (Å²) in [5, 5.41) is 2.93. The van der Waals surface area contributed by atoms with Crippen LogP contribution in [-0.2, 0) is 11.3 Å². The fourth-order valence-electron chi connectivity index (χ4n) is 2.68. The number of aryl methyl sites for hydroxylation is 1. The summed E-state index contributed by atoms with van der Waals surface area (Å²) in [5.41, 5.74) is 0.613. The summed E-state index contributed by atoms with van der Waals surface area (Å²) in [6.45, 7) is 2.81. The van der Waals surface area contributed by atoms with Crippen LogP contribution >= 0.6 is 0 Å². The number of carbonyl (C=O) groups is 1. The lowest BCUT2D eigenvalue weighted by atomic mass is 10.2. The molecule has 1 aliphatic heterocycles. The molecular formula is C18H23N3O3. The Kier molecular flexibility index (Phi) is 5.85. The van der Waals surface area contributed by atoms with Gasteiger partial charge >= 0.3 is 0 Å². The molecule has 1 aromatic carbocycles. The molecule has 2 aromatic rings. The average molecular weight is 329 g/mol. The summed E-state index contributed by atoms with van der Waals surface area (Å²) >= 11 is 0. The highest BCUT2D eigenvalue weighted by Gasteiger charge is 2.16. The van der Waals surface area contributed by atoms with Gasteiger partial charge in [-0.1, -0.05) is 6.07 Å². The fraction of sp³-hybridized carbons (Fsp3) is 0.444. The Morgan fingerprint density at radius 2 is 2.42 bits per heavy atom. The quantitative estimate of drug-likeness (QED) is 0.755. The number of ether oxygens (including phenoxy) is 2. The molecule has 0 spiro atoms. The van der Waals surface area contributed by atoms with Gasteiger partial charge in [0.05, 0.1) is 12.4 Å². The summed E-state index contributed by atoms with van der Waals surface area (Å²) in [5.74, 6) is 0.625. The number of carbonyl (C=O) groups excluding carboxylic acids is 1. The van der Waals surface area contributed by atoms with Crippen molar-refractivity contribution in [3.8, 4) is 5.75 Å². The van der Waals surface area contributed by atoms with E-state index in [0.29, 0.717) is 24.5 Å². The van der Waals surface area contributed by atoms with Crippen molar-refractivity contribution >= 4 is 5.91 Å². The van der Waals surface area contributed by atoms with Gasteiger partial charge < -0.3 is 19.4 Å². The molecule has 6 heteroatoms. The zero-order chi connectivity index (χ0) is 16.6. The highest BCUT2D eigenvalue weighted by Crippen LogP contribution is 2.17. The van der Waals surface area contributed by atoms with Gasteiger partial charge in [-0.3, -0.25) is 4.79 Å². The molecule has 1 saturated heterocycles. The highest BCUT2D eigenvalue weighted by molar-refractivity contribution is 5.94. The molecule has 1 fully saturated rings. The van der Waals surface area contributed by atoms with Crippen LogP contribution in [0, 0.1) is 0 Å². The average Bonchev–Trinajstić information content (AvgIpc) is 3.30. The lowest BCUT2D eigenvalue weighted by Gasteiger charge is -2.12. The maximum atomic E-state index is 12.2. The Hall–Kier alpha value is -2.34. The van der Waals surface area contributed by atoms with Gasteiger partial charge in [0.15, 0.2) is 0 Å². The van der Waals surface area contributed by atoms with Crippen molar-refractivity contribution < 1.29 is 14.3 Å². The molecule has 2 heterocycles. The van der Waals surface area contributed by atoms with Crippen LogP contribution in [0.25, 0.3) is 0 Å². The van der Waals surface area contributed by atoms with Gasteiger partial charge in [-0.2, -0.15) is 0 Å². The molecule has 1 amide bonds. The summed E-state index contributed by atoms with van der Waals surface area (Å²) in [6.07, 6.45) is 8.60. The van der Waals surface area contributed by atoms with Gasteiger partial charge in [0.2, 0.25) is 0 Å². The molecular weight excluding hydrogens is 306 g/mol. The molecule has 3 rings (SSSR count). The van der Waals surface area contributed by atoms with Gasteiger partial charge in [0.25, 0.3) is 5.91 Å². The Balaban J connectivity index is 1.42. The SMILES string of the molecule is O=C(NCCCn1ccnc1)c1cccc(OC[C@@H]2CCCO2)c1. The van der Waals surface area contributed by atoms with Crippen LogP contribution in [0.2, 0.25) is 0 Å². The number of hydrogen-bond donors (Lipinski definition) is 1. The number of amides is 1. The summed E-state index contributed by atoms with van der Waals surface area (Å²) < 4.78 is 13.3. The van der Waals surface area contributed by atoms with Crippen LogP contribution in [0.4, 0.5) is 0 Å². The fourth-order valence-corrected chi connectivity index (χ4v) is 2.68. The molecule has 6 nitrogen and oxygen atoms in total. The first-order chi connectivity index (χ1) is 11.8. The largest absolute Gasteiger partial charge is 0.491 e. The normalized spacial score (nSPS) is 16.9. The number of aromatic nitrogens is 2. The number of nitrogens with zero attached hydrogens (tertiary/aromatic N) is 2. The van der Waals surface area contributed by atoms with Crippen molar-refractivity contribution in [2.75, 3.05) is 19.8 Å². The number of nitrogens with one attached hydrogen (secondary N) is 1.